The van der Waals surface area contributed by atoms with Crippen molar-refractivity contribution >= 4 is 15.7 Å². The average molecular weight is 299 g/mol. The Bertz CT molecular complexity index is 740. The lowest BCUT2D eigenvalue weighted by molar-refractivity contribution is 0.277. The van der Waals surface area contributed by atoms with Crippen LogP contribution in [0.25, 0.3) is 0 Å². The Morgan fingerprint density at radius 1 is 1.40 bits per heavy atom. The Hall–Kier alpha value is -1.93. The zero-order valence-corrected chi connectivity index (χ0v) is 11.8. The number of hydrogen-bond acceptors (Lipinski definition) is 4. The van der Waals surface area contributed by atoms with Crippen LogP contribution in [0.15, 0.2) is 23.2 Å². The average Bonchev–Trinajstić information content (AvgIpc) is 2.75. The lowest BCUT2D eigenvalue weighted by Gasteiger charge is -2.08. The third kappa shape index (κ3) is 2.66. The van der Waals surface area contributed by atoms with Gasteiger partial charge in [-0.1, -0.05) is 6.07 Å². The van der Waals surface area contributed by atoms with E-state index in [1.165, 1.54) is 12.1 Å². The number of anilines is 1. The lowest BCUT2D eigenvalue weighted by Crippen LogP contribution is -2.15. The second kappa shape index (κ2) is 5.22. The van der Waals surface area contributed by atoms with E-state index in [1.54, 1.807) is 13.8 Å². The summed E-state index contributed by atoms with van der Waals surface area (Å²) in [7, 11) is -3.98. The maximum absolute atomic E-state index is 13.4. The van der Waals surface area contributed by atoms with Crippen LogP contribution in [0, 0.1) is 19.7 Å². The van der Waals surface area contributed by atoms with E-state index in [0.717, 1.165) is 6.07 Å². The van der Waals surface area contributed by atoms with Gasteiger partial charge in [-0.3, -0.25) is 9.82 Å². The van der Waals surface area contributed by atoms with Crippen molar-refractivity contribution in [3.05, 3.63) is 40.8 Å². The van der Waals surface area contributed by atoms with Gasteiger partial charge in [0.2, 0.25) is 5.03 Å². The summed E-state index contributed by atoms with van der Waals surface area (Å²) in [6.45, 7) is 2.72. The number of aliphatic hydroxyl groups is 1. The van der Waals surface area contributed by atoms with Gasteiger partial charge in [0, 0.05) is 11.3 Å². The smallest absolute Gasteiger partial charge is 0.281 e. The molecular formula is C12H14FN3O3S. The summed E-state index contributed by atoms with van der Waals surface area (Å²) in [6.07, 6.45) is 0. The van der Waals surface area contributed by atoms with E-state index in [9.17, 15) is 17.9 Å². The fourth-order valence-electron chi connectivity index (χ4n) is 1.70. The molecular weight excluding hydrogens is 285 g/mol. The molecule has 108 valence electrons. The summed E-state index contributed by atoms with van der Waals surface area (Å²) in [5, 5.41) is 15.1. The highest BCUT2D eigenvalue weighted by Gasteiger charge is 2.23. The number of benzene rings is 1. The molecule has 0 aliphatic carbocycles. The van der Waals surface area contributed by atoms with Crippen molar-refractivity contribution < 1.29 is 17.9 Å². The van der Waals surface area contributed by atoms with Crippen molar-refractivity contribution in [3.8, 4) is 0 Å². The second-order valence-corrected chi connectivity index (χ2v) is 5.96. The number of halogens is 1. The molecule has 3 N–H and O–H groups in total. The minimum absolute atomic E-state index is 0.0950. The van der Waals surface area contributed by atoms with Gasteiger partial charge in [0.15, 0.2) is 0 Å². The standard InChI is InChI=1S/C12H14FN3O3S/c1-7-3-4-9(5-11(7)13)16-20(18,19)12-10(6-17)8(2)14-15-12/h3-5,16-17H,6H2,1-2H3,(H,14,15). The summed E-state index contributed by atoms with van der Waals surface area (Å²) >= 11 is 0. The first kappa shape index (κ1) is 14.5. The van der Waals surface area contributed by atoms with Crippen molar-refractivity contribution in [2.24, 2.45) is 0 Å². The van der Waals surface area contributed by atoms with E-state index in [1.807, 2.05) is 0 Å². The van der Waals surface area contributed by atoms with Crippen molar-refractivity contribution in [1.29, 1.82) is 0 Å². The van der Waals surface area contributed by atoms with Crippen LogP contribution in [0.1, 0.15) is 16.8 Å². The Balaban J connectivity index is 2.38. The molecule has 1 heterocycles. The van der Waals surface area contributed by atoms with Gasteiger partial charge in [-0.05, 0) is 31.5 Å². The van der Waals surface area contributed by atoms with Crippen LogP contribution in [0.4, 0.5) is 10.1 Å². The number of nitrogens with zero attached hydrogens (tertiary/aromatic N) is 1. The second-order valence-electron chi connectivity index (χ2n) is 4.36. The molecule has 0 bridgehead atoms. The molecule has 0 amide bonds. The number of H-pyrrole nitrogens is 1. The van der Waals surface area contributed by atoms with Crippen molar-refractivity contribution in [3.63, 3.8) is 0 Å². The van der Waals surface area contributed by atoms with E-state index in [-0.39, 0.29) is 16.3 Å². The van der Waals surface area contributed by atoms with Crippen LogP contribution >= 0.6 is 0 Å². The minimum atomic E-state index is -3.98. The summed E-state index contributed by atoms with van der Waals surface area (Å²) in [5.41, 5.74) is 1.16. The van der Waals surface area contributed by atoms with E-state index < -0.39 is 22.4 Å². The quantitative estimate of drug-likeness (QED) is 0.796. The molecule has 2 rings (SSSR count). The van der Waals surface area contributed by atoms with Crippen LogP contribution in [0.5, 0.6) is 0 Å². The molecule has 0 fully saturated rings. The largest absolute Gasteiger partial charge is 0.392 e. The number of aromatic amines is 1. The van der Waals surface area contributed by atoms with Gasteiger partial charge >= 0.3 is 0 Å². The number of aliphatic hydroxyl groups excluding tert-OH is 1. The van der Waals surface area contributed by atoms with E-state index in [0.29, 0.717) is 11.3 Å². The molecule has 20 heavy (non-hydrogen) atoms. The number of nitrogens with one attached hydrogen (secondary N) is 2. The molecule has 1 aromatic heterocycles. The van der Waals surface area contributed by atoms with Crippen molar-refractivity contribution in [2.45, 2.75) is 25.5 Å². The summed E-state index contributed by atoms with van der Waals surface area (Å²) in [4.78, 5) is 0. The van der Waals surface area contributed by atoms with Gasteiger partial charge in [-0.15, -0.1) is 0 Å². The fraction of sp³-hybridized carbons (Fsp3) is 0.250. The summed E-state index contributed by atoms with van der Waals surface area (Å²) in [6, 6.07) is 4.01. The van der Waals surface area contributed by atoms with E-state index in [2.05, 4.69) is 14.9 Å². The van der Waals surface area contributed by atoms with Gasteiger partial charge < -0.3 is 5.11 Å². The highest BCUT2D eigenvalue weighted by atomic mass is 32.2. The third-order valence-electron chi connectivity index (χ3n) is 2.87. The molecule has 0 spiro atoms. The van der Waals surface area contributed by atoms with Crippen LogP contribution < -0.4 is 4.72 Å². The first-order valence-electron chi connectivity index (χ1n) is 5.79. The Morgan fingerprint density at radius 3 is 2.70 bits per heavy atom. The molecule has 0 aliphatic heterocycles. The predicted octanol–water partition coefficient (Wildman–Crippen LogP) is 1.46. The number of sulfonamides is 1. The van der Waals surface area contributed by atoms with Gasteiger partial charge in [-0.2, -0.15) is 13.5 Å². The molecule has 6 nitrogen and oxygen atoms in total. The number of aryl methyl sites for hydroxylation is 2. The van der Waals surface area contributed by atoms with Crippen LogP contribution in [0.2, 0.25) is 0 Å². The summed E-state index contributed by atoms with van der Waals surface area (Å²) < 4.78 is 40.0. The topological polar surface area (TPSA) is 95.1 Å². The van der Waals surface area contributed by atoms with Crippen LogP contribution in [-0.2, 0) is 16.6 Å². The maximum Gasteiger partial charge on any atom is 0.281 e. The number of rotatable bonds is 4. The molecule has 0 saturated carbocycles. The molecule has 2 aromatic rings. The number of hydrogen-bond donors (Lipinski definition) is 3. The molecule has 1 aromatic carbocycles. The van der Waals surface area contributed by atoms with Crippen molar-refractivity contribution in [2.75, 3.05) is 4.72 Å². The van der Waals surface area contributed by atoms with Gasteiger partial charge in [0.25, 0.3) is 10.0 Å². The van der Waals surface area contributed by atoms with Crippen LogP contribution in [-0.4, -0.2) is 23.7 Å². The van der Waals surface area contributed by atoms with Gasteiger partial charge in [0.1, 0.15) is 5.82 Å². The zero-order valence-electron chi connectivity index (χ0n) is 10.9. The predicted molar refractivity (Wildman–Crippen MR) is 71.2 cm³/mol. The molecule has 0 saturated heterocycles. The highest BCUT2D eigenvalue weighted by molar-refractivity contribution is 7.92. The summed E-state index contributed by atoms with van der Waals surface area (Å²) in [5.74, 6) is -0.509. The first-order chi connectivity index (χ1) is 9.35. The van der Waals surface area contributed by atoms with Crippen LogP contribution in [0.3, 0.4) is 0 Å². The molecule has 0 aliphatic rings. The lowest BCUT2D eigenvalue weighted by atomic mass is 10.2. The van der Waals surface area contributed by atoms with Crippen molar-refractivity contribution in [1.82, 2.24) is 10.2 Å². The fourth-order valence-corrected chi connectivity index (χ4v) is 2.94. The zero-order chi connectivity index (χ0) is 14.9. The Kier molecular flexibility index (Phi) is 3.78. The Labute approximate surface area is 115 Å². The number of aromatic nitrogens is 2. The highest BCUT2D eigenvalue weighted by Crippen LogP contribution is 2.21. The first-order valence-corrected chi connectivity index (χ1v) is 7.27. The monoisotopic (exact) mass is 299 g/mol. The SMILES string of the molecule is Cc1ccc(NS(=O)(=O)c2n[nH]c(C)c2CO)cc1F. The van der Waals surface area contributed by atoms with E-state index in [4.69, 9.17) is 0 Å². The molecule has 0 unspecified atom stereocenters. The maximum atomic E-state index is 13.4. The Morgan fingerprint density at radius 2 is 2.10 bits per heavy atom. The molecule has 8 heteroatoms. The third-order valence-corrected chi connectivity index (χ3v) is 4.22. The minimum Gasteiger partial charge on any atom is -0.392 e. The van der Waals surface area contributed by atoms with E-state index >= 15 is 0 Å². The van der Waals surface area contributed by atoms with Gasteiger partial charge in [0.05, 0.1) is 12.3 Å². The molecule has 0 radical (unpaired) electrons. The normalized spacial score (nSPS) is 11.6. The molecule has 0 atom stereocenters. The van der Waals surface area contributed by atoms with Gasteiger partial charge in [-0.25, -0.2) is 4.39 Å².